The van der Waals surface area contributed by atoms with Crippen molar-refractivity contribution in [2.45, 2.75) is 38.3 Å². The summed E-state index contributed by atoms with van der Waals surface area (Å²) in [5.74, 6) is -1.78. The number of hydrogen-bond acceptors (Lipinski definition) is 4. The van der Waals surface area contributed by atoms with Crippen LogP contribution in [0.5, 0.6) is 0 Å². The van der Waals surface area contributed by atoms with Crippen LogP contribution in [0.3, 0.4) is 0 Å². The van der Waals surface area contributed by atoms with Crippen LogP contribution in [0.25, 0.3) is 0 Å². The standard InChI is InChI=1S/C12H21N3O5/c1-8-7-15(5-2-6-20-8)12(19)14-9(11(17)18)3-4-10(13)16/h8-9H,2-7H2,1H3,(H2,13,16)(H,14,19)(H,17,18). The number of carbonyl (C=O) groups is 3. The van der Waals surface area contributed by atoms with Crippen LogP contribution in [0.4, 0.5) is 4.79 Å². The van der Waals surface area contributed by atoms with E-state index in [4.69, 9.17) is 15.6 Å². The van der Waals surface area contributed by atoms with Crippen LogP contribution in [0.2, 0.25) is 0 Å². The van der Waals surface area contributed by atoms with E-state index in [-0.39, 0.29) is 18.9 Å². The molecule has 4 N–H and O–H groups in total. The molecule has 0 saturated carbocycles. The van der Waals surface area contributed by atoms with E-state index >= 15 is 0 Å². The third kappa shape index (κ3) is 5.43. The minimum Gasteiger partial charge on any atom is -0.480 e. The smallest absolute Gasteiger partial charge is 0.326 e. The normalized spacial score (nSPS) is 20.9. The molecule has 1 saturated heterocycles. The van der Waals surface area contributed by atoms with E-state index in [9.17, 15) is 14.4 Å². The number of ether oxygens (including phenoxy) is 1. The van der Waals surface area contributed by atoms with Gasteiger partial charge in [-0.3, -0.25) is 4.79 Å². The molecule has 1 heterocycles. The van der Waals surface area contributed by atoms with Gasteiger partial charge < -0.3 is 25.8 Å². The number of aliphatic carboxylic acids is 1. The quantitative estimate of drug-likeness (QED) is 0.630. The number of nitrogens with zero attached hydrogens (tertiary/aromatic N) is 1. The highest BCUT2D eigenvalue weighted by Crippen LogP contribution is 2.07. The first-order valence-electron chi connectivity index (χ1n) is 6.58. The lowest BCUT2D eigenvalue weighted by atomic mass is 10.1. The number of hydrogen-bond donors (Lipinski definition) is 3. The number of nitrogens with one attached hydrogen (secondary N) is 1. The van der Waals surface area contributed by atoms with Crippen LogP contribution in [-0.2, 0) is 14.3 Å². The molecule has 20 heavy (non-hydrogen) atoms. The summed E-state index contributed by atoms with van der Waals surface area (Å²) in [7, 11) is 0. The van der Waals surface area contributed by atoms with E-state index in [1.165, 1.54) is 4.90 Å². The van der Waals surface area contributed by atoms with Crippen molar-refractivity contribution in [3.8, 4) is 0 Å². The first-order chi connectivity index (χ1) is 9.40. The van der Waals surface area contributed by atoms with Crippen molar-refractivity contribution in [1.29, 1.82) is 0 Å². The number of primary amides is 1. The van der Waals surface area contributed by atoms with Gasteiger partial charge in [0.25, 0.3) is 0 Å². The van der Waals surface area contributed by atoms with Crippen LogP contribution < -0.4 is 11.1 Å². The van der Waals surface area contributed by atoms with Crippen molar-refractivity contribution in [3.63, 3.8) is 0 Å². The van der Waals surface area contributed by atoms with E-state index in [1.807, 2.05) is 6.92 Å². The topological polar surface area (TPSA) is 122 Å². The van der Waals surface area contributed by atoms with Gasteiger partial charge in [-0.05, 0) is 19.8 Å². The fraction of sp³-hybridized carbons (Fsp3) is 0.750. The van der Waals surface area contributed by atoms with E-state index in [2.05, 4.69) is 5.32 Å². The number of amides is 3. The predicted molar refractivity (Wildman–Crippen MR) is 70.0 cm³/mol. The van der Waals surface area contributed by atoms with Crippen molar-refractivity contribution < 1.29 is 24.2 Å². The Kier molecular flexibility index (Phi) is 6.23. The second-order valence-corrected chi connectivity index (χ2v) is 4.83. The van der Waals surface area contributed by atoms with E-state index in [1.54, 1.807) is 0 Å². The molecule has 0 spiro atoms. The fourth-order valence-electron chi connectivity index (χ4n) is 1.96. The van der Waals surface area contributed by atoms with Crippen molar-refractivity contribution in [1.82, 2.24) is 10.2 Å². The van der Waals surface area contributed by atoms with Crippen LogP contribution in [0.15, 0.2) is 0 Å². The van der Waals surface area contributed by atoms with Gasteiger partial charge in [-0.15, -0.1) is 0 Å². The number of carboxylic acids is 1. The second-order valence-electron chi connectivity index (χ2n) is 4.83. The molecule has 0 aliphatic carbocycles. The Morgan fingerprint density at radius 2 is 2.20 bits per heavy atom. The lowest BCUT2D eigenvalue weighted by Crippen LogP contribution is -2.49. The van der Waals surface area contributed by atoms with Gasteiger partial charge in [0, 0.05) is 26.1 Å². The maximum absolute atomic E-state index is 12.0. The van der Waals surface area contributed by atoms with E-state index < -0.39 is 23.9 Å². The molecule has 3 amide bonds. The average molecular weight is 287 g/mol. The lowest BCUT2D eigenvalue weighted by molar-refractivity contribution is -0.139. The molecule has 1 aliphatic rings. The van der Waals surface area contributed by atoms with Gasteiger partial charge in [-0.1, -0.05) is 0 Å². The molecule has 2 unspecified atom stereocenters. The fourth-order valence-corrected chi connectivity index (χ4v) is 1.96. The summed E-state index contributed by atoms with van der Waals surface area (Å²) in [6.45, 7) is 3.36. The van der Waals surface area contributed by atoms with Gasteiger partial charge in [-0.25, -0.2) is 9.59 Å². The highest BCUT2D eigenvalue weighted by molar-refractivity contribution is 5.83. The van der Waals surface area contributed by atoms with Crippen molar-refractivity contribution in [3.05, 3.63) is 0 Å². The molecule has 1 rings (SSSR count). The maximum Gasteiger partial charge on any atom is 0.326 e. The zero-order chi connectivity index (χ0) is 15.1. The Labute approximate surface area is 117 Å². The molecule has 0 aromatic heterocycles. The van der Waals surface area contributed by atoms with E-state index in [0.717, 1.165) is 0 Å². The largest absolute Gasteiger partial charge is 0.480 e. The molecule has 8 nitrogen and oxygen atoms in total. The zero-order valence-corrected chi connectivity index (χ0v) is 11.5. The van der Waals surface area contributed by atoms with Crippen molar-refractivity contribution in [2.75, 3.05) is 19.7 Å². The Bertz CT molecular complexity index is 374. The summed E-state index contributed by atoms with van der Waals surface area (Å²) in [6, 6.07) is -1.58. The summed E-state index contributed by atoms with van der Waals surface area (Å²) in [6.07, 6.45) is 0.515. The SMILES string of the molecule is CC1CN(C(=O)NC(CCC(N)=O)C(=O)O)CCCO1. The number of nitrogens with two attached hydrogens (primary N) is 1. The minimum absolute atomic E-state index is 0.0176. The molecular weight excluding hydrogens is 266 g/mol. The highest BCUT2D eigenvalue weighted by Gasteiger charge is 2.25. The average Bonchev–Trinajstić information content (AvgIpc) is 2.58. The lowest BCUT2D eigenvalue weighted by Gasteiger charge is -2.24. The Hall–Kier alpha value is -1.83. The second kappa shape index (κ2) is 7.68. The van der Waals surface area contributed by atoms with Gasteiger partial charge >= 0.3 is 12.0 Å². The van der Waals surface area contributed by atoms with Crippen molar-refractivity contribution in [2.24, 2.45) is 5.73 Å². The molecule has 114 valence electrons. The summed E-state index contributed by atoms with van der Waals surface area (Å²) in [5.41, 5.74) is 4.98. The Morgan fingerprint density at radius 3 is 2.80 bits per heavy atom. The number of carboxylic acid groups (broad SMARTS) is 1. The van der Waals surface area contributed by atoms with Crippen LogP contribution >= 0.6 is 0 Å². The van der Waals surface area contributed by atoms with Crippen LogP contribution in [0, 0.1) is 0 Å². The molecule has 0 bridgehead atoms. The number of urea groups is 1. The van der Waals surface area contributed by atoms with Gasteiger partial charge in [0.2, 0.25) is 5.91 Å². The molecule has 0 aromatic rings. The molecule has 2 atom stereocenters. The third-order valence-electron chi connectivity index (χ3n) is 3.01. The van der Waals surface area contributed by atoms with Gasteiger partial charge in [0.05, 0.1) is 6.10 Å². The van der Waals surface area contributed by atoms with Crippen LogP contribution in [0.1, 0.15) is 26.2 Å². The summed E-state index contributed by atoms with van der Waals surface area (Å²) in [5, 5.41) is 11.4. The molecule has 1 fully saturated rings. The molecule has 0 radical (unpaired) electrons. The van der Waals surface area contributed by atoms with Gasteiger partial charge in [-0.2, -0.15) is 0 Å². The van der Waals surface area contributed by atoms with Crippen LogP contribution in [-0.4, -0.2) is 59.8 Å². The molecule has 1 aliphatic heterocycles. The zero-order valence-electron chi connectivity index (χ0n) is 11.5. The molecular formula is C12H21N3O5. The first kappa shape index (κ1) is 16.2. The van der Waals surface area contributed by atoms with E-state index in [0.29, 0.717) is 26.1 Å². The first-order valence-corrected chi connectivity index (χ1v) is 6.58. The summed E-state index contributed by atoms with van der Waals surface area (Å²) < 4.78 is 5.42. The number of carbonyl (C=O) groups excluding carboxylic acids is 2. The monoisotopic (exact) mass is 287 g/mol. The Balaban J connectivity index is 2.55. The number of rotatable bonds is 5. The minimum atomic E-state index is -1.18. The third-order valence-corrected chi connectivity index (χ3v) is 3.01. The highest BCUT2D eigenvalue weighted by atomic mass is 16.5. The van der Waals surface area contributed by atoms with Gasteiger partial charge in [0.15, 0.2) is 0 Å². The maximum atomic E-state index is 12.0. The summed E-state index contributed by atoms with van der Waals surface area (Å²) in [4.78, 5) is 35.3. The predicted octanol–water partition coefficient (Wildman–Crippen LogP) is -0.474. The van der Waals surface area contributed by atoms with Gasteiger partial charge in [0.1, 0.15) is 6.04 Å². The summed E-state index contributed by atoms with van der Waals surface area (Å²) >= 11 is 0. The Morgan fingerprint density at radius 1 is 1.50 bits per heavy atom. The molecule has 8 heteroatoms. The molecule has 0 aromatic carbocycles. The van der Waals surface area contributed by atoms with Crippen molar-refractivity contribution >= 4 is 17.9 Å².